The lowest BCUT2D eigenvalue weighted by molar-refractivity contribution is 0.500. The highest BCUT2D eigenvalue weighted by Crippen LogP contribution is 2.41. The van der Waals surface area contributed by atoms with Crippen molar-refractivity contribution in [2.45, 2.75) is 31.1 Å². The molecule has 1 aliphatic rings. The summed E-state index contributed by atoms with van der Waals surface area (Å²) in [6.07, 6.45) is 3.98. The van der Waals surface area contributed by atoms with Gasteiger partial charge in [0.2, 0.25) is 0 Å². The van der Waals surface area contributed by atoms with Gasteiger partial charge in [0.15, 0.2) is 0 Å². The molecule has 1 atom stereocenters. The van der Waals surface area contributed by atoms with Gasteiger partial charge in [0, 0.05) is 0 Å². The Hall–Kier alpha value is -1.59. The Morgan fingerprint density at radius 3 is 2.94 bits per heavy atom. The number of aryl methyl sites for hydroxylation is 2. The Bertz CT molecular complexity index is 579. The van der Waals surface area contributed by atoms with E-state index in [9.17, 15) is 5.26 Å². The third kappa shape index (κ3) is 1.85. The third-order valence-electron chi connectivity index (χ3n) is 3.99. The molecule has 0 spiro atoms. The molecule has 18 heavy (non-hydrogen) atoms. The van der Waals surface area contributed by atoms with Gasteiger partial charge in [-0.3, -0.25) is 0 Å². The van der Waals surface area contributed by atoms with Crippen molar-refractivity contribution < 1.29 is 0 Å². The largest absolute Gasteiger partial charge is 0.197 e. The van der Waals surface area contributed by atoms with Crippen LogP contribution in [-0.4, -0.2) is 0 Å². The highest BCUT2D eigenvalue weighted by atomic mass is 32.1. The van der Waals surface area contributed by atoms with Gasteiger partial charge in [-0.2, -0.15) is 16.6 Å². The lowest BCUT2D eigenvalue weighted by Gasteiger charge is -2.21. The fourth-order valence-corrected chi connectivity index (χ4v) is 3.62. The minimum absolute atomic E-state index is 0.251. The SMILES string of the molecule is N#CC1(CCc2ccsc2)CCc2ccccc21. The molecule has 1 aromatic heterocycles. The topological polar surface area (TPSA) is 23.8 Å². The van der Waals surface area contributed by atoms with Gasteiger partial charge < -0.3 is 0 Å². The number of benzene rings is 1. The summed E-state index contributed by atoms with van der Waals surface area (Å²) in [5, 5.41) is 13.9. The van der Waals surface area contributed by atoms with E-state index >= 15 is 0 Å². The first-order chi connectivity index (χ1) is 8.84. The van der Waals surface area contributed by atoms with Crippen LogP contribution < -0.4 is 0 Å². The molecule has 0 radical (unpaired) electrons. The van der Waals surface area contributed by atoms with Crippen molar-refractivity contribution in [1.82, 2.24) is 0 Å². The fraction of sp³-hybridized carbons (Fsp3) is 0.312. The maximum atomic E-state index is 9.64. The second-order valence-electron chi connectivity index (χ2n) is 4.98. The molecule has 0 fully saturated rings. The molecule has 0 N–H and O–H groups in total. The molecule has 90 valence electrons. The van der Waals surface area contributed by atoms with Crippen LogP contribution in [0.5, 0.6) is 0 Å². The van der Waals surface area contributed by atoms with E-state index in [1.165, 1.54) is 16.7 Å². The van der Waals surface area contributed by atoms with Crippen molar-refractivity contribution in [3.8, 4) is 6.07 Å². The van der Waals surface area contributed by atoms with E-state index in [-0.39, 0.29) is 5.41 Å². The van der Waals surface area contributed by atoms with Gasteiger partial charge >= 0.3 is 0 Å². The highest BCUT2D eigenvalue weighted by Gasteiger charge is 2.38. The molecule has 1 unspecified atom stereocenters. The maximum absolute atomic E-state index is 9.64. The van der Waals surface area contributed by atoms with E-state index in [0.29, 0.717) is 0 Å². The summed E-state index contributed by atoms with van der Waals surface area (Å²) in [5.41, 5.74) is 3.74. The number of nitrogens with zero attached hydrogens (tertiary/aromatic N) is 1. The molecular weight excluding hydrogens is 238 g/mol. The second-order valence-corrected chi connectivity index (χ2v) is 5.76. The van der Waals surface area contributed by atoms with Gasteiger partial charge in [0.25, 0.3) is 0 Å². The zero-order chi connectivity index (χ0) is 12.4. The van der Waals surface area contributed by atoms with E-state index in [1.807, 2.05) is 0 Å². The van der Waals surface area contributed by atoms with Crippen LogP contribution in [-0.2, 0) is 18.3 Å². The summed E-state index contributed by atoms with van der Waals surface area (Å²) >= 11 is 1.73. The number of hydrogen-bond donors (Lipinski definition) is 0. The van der Waals surface area contributed by atoms with Crippen molar-refractivity contribution >= 4 is 11.3 Å². The van der Waals surface area contributed by atoms with Crippen LogP contribution in [0.3, 0.4) is 0 Å². The Labute approximate surface area is 112 Å². The van der Waals surface area contributed by atoms with Crippen LogP contribution in [0.4, 0.5) is 0 Å². The normalized spacial score (nSPS) is 21.5. The summed E-state index contributed by atoms with van der Waals surface area (Å²) in [7, 11) is 0. The maximum Gasteiger partial charge on any atom is 0.0831 e. The number of thiophene rings is 1. The van der Waals surface area contributed by atoms with E-state index in [0.717, 1.165) is 25.7 Å². The predicted octanol–water partition coefficient (Wildman–Crippen LogP) is 4.09. The summed E-state index contributed by atoms with van der Waals surface area (Å²) in [6, 6.07) is 13.2. The molecule has 0 amide bonds. The molecular formula is C16H15NS. The van der Waals surface area contributed by atoms with E-state index in [4.69, 9.17) is 0 Å². The van der Waals surface area contributed by atoms with Crippen molar-refractivity contribution in [2.24, 2.45) is 0 Å². The van der Waals surface area contributed by atoms with E-state index in [2.05, 4.69) is 47.2 Å². The first-order valence-electron chi connectivity index (χ1n) is 6.35. The summed E-state index contributed by atoms with van der Waals surface area (Å²) in [5.74, 6) is 0. The van der Waals surface area contributed by atoms with Gasteiger partial charge in [0.1, 0.15) is 0 Å². The van der Waals surface area contributed by atoms with Gasteiger partial charge in [-0.15, -0.1) is 0 Å². The van der Waals surface area contributed by atoms with E-state index in [1.54, 1.807) is 11.3 Å². The average molecular weight is 253 g/mol. The highest BCUT2D eigenvalue weighted by molar-refractivity contribution is 7.07. The third-order valence-corrected chi connectivity index (χ3v) is 4.72. The molecule has 1 nitrogen and oxygen atoms in total. The Kier molecular flexibility index (Phi) is 2.93. The summed E-state index contributed by atoms with van der Waals surface area (Å²) in [4.78, 5) is 0. The molecule has 1 aromatic carbocycles. The molecule has 0 saturated carbocycles. The van der Waals surface area contributed by atoms with Crippen LogP contribution in [0.25, 0.3) is 0 Å². The monoisotopic (exact) mass is 253 g/mol. The number of rotatable bonds is 3. The summed E-state index contributed by atoms with van der Waals surface area (Å²) in [6.45, 7) is 0. The number of fused-ring (bicyclic) bond motifs is 1. The molecule has 0 aliphatic heterocycles. The molecule has 1 aliphatic carbocycles. The Morgan fingerprint density at radius 1 is 1.28 bits per heavy atom. The molecule has 0 bridgehead atoms. The van der Waals surface area contributed by atoms with Gasteiger partial charge in [-0.1, -0.05) is 24.3 Å². The van der Waals surface area contributed by atoms with Gasteiger partial charge in [-0.05, 0) is 59.2 Å². The van der Waals surface area contributed by atoms with Gasteiger partial charge in [0.05, 0.1) is 11.5 Å². The Morgan fingerprint density at radius 2 is 2.17 bits per heavy atom. The summed E-state index contributed by atoms with van der Waals surface area (Å²) < 4.78 is 0. The predicted molar refractivity (Wildman–Crippen MR) is 74.7 cm³/mol. The smallest absolute Gasteiger partial charge is 0.0831 e. The quantitative estimate of drug-likeness (QED) is 0.808. The first-order valence-corrected chi connectivity index (χ1v) is 7.29. The van der Waals surface area contributed by atoms with Crippen molar-refractivity contribution in [1.29, 1.82) is 5.26 Å². The van der Waals surface area contributed by atoms with Crippen LogP contribution >= 0.6 is 11.3 Å². The van der Waals surface area contributed by atoms with Crippen LogP contribution in [0, 0.1) is 11.3 Å². The zero-order valence-electron chi connectivity index (χ0n) is 10.2. The average Bonchev–Trinajstić information content (AvgIpc) is 3.05. The number of nitriles is 1. The van der Waals surface area contributed by atoms with Crippen LogP contribution in [0.1, 0.15) is 29.5 Å². The molecule has 3 rings (SSSR count). The first kappa shape index (κ1) is 11.5. The van der Waals surface area contributed by atoms with Crippen molar-refractivity contribution in [2.75, 3.05) is 0 Å². The minimum Gasteiger partial charge on any atom is -0.197 e. The zero-order valence-corrected chi connectivity index (χ0v) is 11.0. The fourth-order valence-electron chi connectivity index (χ4n) is 2.91. The Balaban J connectivity index is 1.86. The van der Waals surface area contributed by atoms with E-state index < -0.39 is 0 Å². The molecule has 0 saturated heterocycles. The molecule has 1 heterocycles. The van der Waals surface area contributed by atoms with Crippen molar-refractivity contribution in [3.63, 3.8) is 0 Å². The molecule has 2 aromatic rings. The van der Waals surface area contributed by atoms with Crippen LogP contribution in [0.15, 0.2) is 41.1 Å². The number of hydrogen-bond acceptors (Lipinski definition) is 2. The van der Waals surface area contributed by atoms with Crippen LogP contribution in [0.2, 0.25) is 0 Å². The lowest BCUT2D eigenvalue weighted by atomic mass is 9.78. The van der Waals surface area contributed by atoms with Gasteiger partial charge in [-0.25, -0.2) is 0 Å². The molecule has 2 heteroatoms. The lowest BCUT2D eigenvalue weighted by Crippen LogP contribution is -2.21. The standard InChI is InChI=1S/C16H15NS/c17-12-16(8-5-13-7-10-18-11-13)9-6-14-3-1-2-4-15(14)16/h1-4,7,10-11H,5-6,8-9H2. The minimum atomic E-state index is -0.251. The van der Waals surface area contributed by atoms with Crippen molar-refractivity contribution in [3.05, 3.63) is 57.8 Å². The second kappa shape index (κ2) is 4.59.